The smallest absolute Gasteiger partial charge is 0.261 e. The average molecular weight is 336 g/mol. The quantitative estimate of drug-likeness (QED) is 0.863. The third-order valence-electron chi connectivity index (χ3n) is 3.65. The van der Waals surface area contributed by atoms with E-state index in [1.54, 1.807) is 6.92 Å². The minimum atomic E-state index is -3.94. The van der Waals surface area contributed by atoms with Crippen LogP contribution < -0.4 is 5.32 Å². The van der Waals surface area contributed by atoms with Crippen LogP contribution in [0.4, 0.5) is 0 Å². The molecule has 1 aliphatic rings. The lowest BCUT2D eigenvalue weighted by Gasteiger charge is -2.12. The van der Waals surface area contributed by atoms with Gasteiger partial charge in [0.2, 0.25) is 0 Å². The van der Waals surface area contributed by atoms with Crippen molar-refractivity contribution in [2.75, 3.05) is 0 Å². The maximum atomic E-state index is 12.2. The van der Waals surface area contributed by atoms with Crippen molar-refractivity contribution in [3.8, 4) is 0 Å². The van der Waals surface area contributed by atoms with Crippen LogP contribution in [-0.4, -0.2) is 20.4 Å². The van der Waals surface area contributed by atoms with Gasteiger partial charge in [0.05, 0.1) is 4.90 Å². The Bertz CT molecular complexity index is 683. The van der Waals surface area contributed by atoms with E-state index in [-0.39, 0.29) is 32.8 Å². The Morgan fingerprint density at radius 1 is 1.40 bits per heavy atom. The lowest BCUT2D eigenvalue weighted by Crippen LogP contribution is -2.29. The third-order valence-corrected chi connectivity index (χ3v) is 5.32. The number of carbonyl (C=O) groups excluding carboxylic acids is 1. The number of carbonyl (C=O) groups is 1. The van der Waals surface area contributed by atoms with Crippen LogP contribution in [0.5, 0.6) is 0 Å². The van der Waals surface area contributed by atoms with Gasteiger partial charge < -0.3 is 5.32 Å². The van der Waals surface area contributed by atoms with Crippen molar-refractivity contribution >= 4 is 37.2 Å². The first-order valence-corrected chi connectivity index (χ1v) is 8.77. The van der Waals surface area contributed by atoms with Crippen molar-refractivity contribution in [3.05, 3.63) is 28.3 Å². The van der Waals surface area contributed by atoms with Crippen molar-refractivity contribution in [3.63, 3.8) is 0 Å². The molecular weight excluding hydrogens is 321 g/mol. The summed E-state index contributed by atoms with van der Waals surface area (Å²) < 4.78 is 23.0. The zero-order chi connectivity index (χ0) is 15.3. The molecule has 1 aromatic carbocycles. The lowest BCUT2D eigenvalue weighted by molar-refractivity contribution is 0.0945. The van der Waals surface area contributed by atoms with Gasteiger partial charge in [-0.3, -0.25) is 4.79 Å². The number of rotatable bonds is 3. The van der Waals surface area contributed by atoms with E-state index in [1.807, 2.05) is 0 Å². The van der Waals surface area contributed by atoms with E-state index in [0.717, 1.165) is 6.42 Å². The second-order valence-electron chi connectivity index (χ2n) is 5.73. The standard InChI is InChI=1S/C13H15Cl2NO3S/c1-7-9(12(17)16-11-6-13(11,2)3)4-8(14)5-10(7)20(15,18)19/h4-5,11H,6H2,1-3H3,(H,16,17). The Labute approximate surface area is 127 Å². The fourth-order valence-corrected chi connectivity index (χ4v) is 3.60. The monoisotopic (exact) mass is 335 g/mol. The van der Waals surface area contributed by atoms with E-state index in [1.165, 1.54) is 12.1 Å². The molecule has 1 fully saturated rings. The molecule has 1 aromatic rings. The first kappa shape index (κ1) is 15.6. The van der Waals surface area contributed by atoms with Gasteiger partial charge in [0.25, 0.3) is 15.0 Å². The largest absolute Gasteiger partial charge is 0.349 e. The van der Waals surface area contributed by atoms with Crippen molar-refractivity contribution in [1.29, 1.82) is 0 Å². The maximum Gasteiger partial charge on any atom is 0.261 e. The van der Waals surface area contributed by atoms with Crippen LogP contribution in [-0.2, 0) is 9.05 Å². The maximum absolute atomic E-state index is 12.2. The highest BCUT2D eigenvalue weighted by atomic mass is 35.7. The van der Waals surface area contributed by atoms with Gasteiger partial charge in [0.1, 0.15) is 0 Å². The Morgan fingerprint density at radius 2 is 1.95 bits per heavy atom. The molecule has 1 N–H and O–H groups in total. The van der Waals surface area contributed by atoms with Crippen LogP contribution >= 0.6 is 22.3 Å². The van der Waals surface area contributed by atoms with Gasteiger partial charge in [-0.25, -0.2) is 8.42 Å². The molecule has 1 amide bonds. The van der Waals surface area contributed by atoms with E-state index in [0.29, 0.717) is 5.56 Å². The molecule has 1 saturated carbocycles. The first-order valence-electron chi connectivity index (χ1n) is 6.08. The highest BCUT2D eigenvalue weighted by Crippen LogP contribution is 2.44. The molecule has 0 aliphatic heterocycles. The van der Waals surface area contributed by atoms with Gasteiger partial charge in [-0.15, -0.1) is 0 Å². The lowest BCUT2D eigenvalue weighted by atomic mass is 10.1. The minimum Gasteiger partial charge on any atom is -0.349 e. The molecule has 2 rings (SSSR count). The summed E-state index contributed by atoms with van der Waals surface area (Å²) in [6.07, 6.45) is 0.902. The third kappa shape index (κ3) is 3.10. The molecule has 20 heavy (non-hydrogen) atoms. The number of benzene rings is 1. The van der Waals surface area contributed by atoms with Gasteiger partial charge in [-0.05, 0) is 36.5 Å². The fraction of sp³-hybridized carbons (Fsp3) is 0.462. The molecule has 1 unspecified atom stereocenters. The predicted octanol–water partition coefficient (Wildman–Crippen LogP) is 3.10. The van der Waals surface area contributed by atoms with Crippen LogP contribution in [0.25, 0.3) is 0 Å². The zero-order valence-corrected chi connectivity index (χ0v) is 13.7. The number of nitrogens with one attached hydrogen (secondary N) is 1. The van der Waals surface area contributed by atoms with Crippen LogP contribution in [0.3, 0.4) is 0 Å². The number of halogens is 2. The molecular formula is C13H15Cl2NO3S. The summed E-state index contributed by atoms with van der Waals surface area (Å²) in [6.45, 7) is 5.65. The topological polar surface area (TPSA) is 63.2 Å². The summed E-state index contributed by atoms with van der Waals surface area (Å²) >= 11 is 5.88. The van der Waals surface area contributed by atoms with E-state index < -0.39 is 9.05 Å². The van der Waals surface area contributed by atoms with E-state index in [9.17, 15) is 13.2 Å². The number of hydrogen-bond donors (Lipinski definition) is 1. The Kier molecular flexibility index (Phi) is 3.82. The molecule has 0 bridgehead atoms. The summed E-state index contributed by atoms with van der Waals surface area (Å²) in [7, 11) is 1.42. The highest BCUT2D eigenvalue weighted by molar-refractivity contribution is 8.13. The molecule has 0 spiro atoms. The van der Waals surface area contributed by atoms with E-state index in [4.69, 9.17) is 22.3 Å². The van der Waals surface area contributed by atoms with Crippen molar-refractivity contribution in [1.82, 2.24) is 5.32 Å². The molecule has 1 atom stereocenters. The van der Waals surface area contributed by atoms with Gasteiger partial charge in [0, 0.05) is 27.3 Å². The van der Waals surface area contributed by atoms with E-state index >= 15 is 0 Å². The molecule has 0 heterocycles. The molecule has 7 heteroatoms. The van der Waals surface area contributed by atoms with Crippen molar-refractivity contribution < 1.29 is 13.2 Å². The Balaban J connectivity index is 2.37. The van der Waals surface area contributed by atoms with Crippen LogP contribution in [0, 0.1) is 12.3 Å². The summed E-state index contributed by atoms with van der Waals surface area (Å²) in [5.74, 6) is -0.331. The second-order valence-corrected chi connectivity index (χ2v) is 8.70. The fourth-order valence-electron chi connectivity index (χ4n) is 2.09. The molecule has 0 saturated heterocycles. The normalized spacial score (nSPS) is 20.6. The SMILES string of the molecule is Cc1c(C(=O)NC2CC2(C)C)cc(Cl)cc1S(=O)(=O)Cl. The summed E-state index contributed by atoms with van der Waals surface area (Å²) in [6, 6.07) is 2.80. The van der Waals surface area contributed by atoms with Gasteiger partial charge in [0.15, 0.2) is 0 Å². The molecule has 0 radical (unpaired) electrons. The molecule has 0 aromatic heterocycles. The number of hydrogen-bond acceptors (Lipinski definition) is 3. The number of amides is 1. The van der Waals surface area contributed by atoms with Crippen LogP contribution in [0.1, 0.15) is 36.2 Å². The zero-order valence-electron chi connectivity index (χ0n) is 11.3. The average Bonchev–Trinajstić information content (AvgIpc) is 2.87. The van der Waals surface area contributed by atoms with Gasteiger partial charge in [-0.1, -0.05) is 25.4 Å². The van der Waals surface area contributed by atoms with Gasteiger partial charge >= 0.3 is 0 Å². The molecule has 4 nitrogen and oxygen atoms in total. The highest BCUT2D eigenvalue weighted by Gasteiger charge is 2.46. The van der Waals surface area contributed by atoms with E-state index in [2.05, 4.69) is 19.2 Å². The van der Waals surface area contributed by atoms with Crippen LogP contribution in [0.2, 0.25) is 5.02 Å². The Morgan fingerprint density at radius 3 is 2.40 bits per heavy atom. The molecule has 1 aliphatic carbocycles. The van der Waals surface area contributed by atoms with Crippen molar-refractivity contribution in [2.24, 2.45) is 5.41 Å². The van der Waals surface area contributed by atoms with Gasteiger partial charge in [-0.2, -0.15) is 0 Å². The summed E-state index contributed by atoms with van der Waals surface area (Å²) in [4.78, 5) is 12.1. The Hall–Kier alpha value is -0.780. The summed E-state index contributed by atoms with van der Waals surface area (Å²) in [5, 5.41) is 3.03. The minimum absolute atomic E-state index is 0.0868. The van der Waals surface area contributed by atoms with Crippen LogP contribution in [0.15, 0.2) is 17.0 Å². The molecule has 110 valence electrons. The first-order chi connectivity index (χ1) is 9.02. The predicted molar refractivity (Wildman–Crippen MR) is 78.9 cm³/mol. The summed E-state index contributed by atoms with van der Waals surface area (Å²) in [5.41, 5.74) is 0.628. The van der Waals surface area contributed by atoms with Crippen molar-refractivity contribution in [2.45, 2.75) is 38.1 Å². The second kappa shape index (κ2) is 4.90.